The quantitative estimate of drug-likeness (QED) is 0.263. The zero-order valence-electron chi connectivity index (χ0n) is 14.0. The average molecular weight is 300 g/mol. The molecule has 0 spiro atoms. The number of amidine groups is 1. The molecule has 0 aromatic carbocycles. The molecule has 0 aliphatic heterocycles. The Bertz CT molecular complexity index is 317. The molecule has 3 N–H and O–H groups in total. The Hall–Kier alpha value is -1.30. The van der Waals surface area contributed by atoms with Crippen LogP contribution in [0.3, 0.4) is 0 Å². The van der Waals surface area contributed by atoms with Gasteiger partial charge in [0.15, 0.2) is 5.84 Å². The van der Waals surface area contributed by atoms with Gasteiger partial charge in [-0.1, -0.05) is 32.3 Å². The average Bonchev–Trinajstić information content (AvgIpc) is 2.51. The molecule has 0 aliphatic rings. The highest BCUT2D eigenvalue weighted by Crippen LogP contribution is 2.12. The van der Waals surface area contributed by atoms with Gasteiger partial charge >= 0.3 is 0 Å². The molecule has 6 heteroatoms. The fourth-order valence-corrected chi connectivity index (χ4v) is 2.43. The van der Waals surface area contributed by atoms with Crippen LogP contribution in [0.1, 0.15) is 47.0 Å². The number of hydrogen-bond acceptors (Lipinski definition) is 4. The number of oxime groups is 1. The van der Waals surface area contributed by atoms with E-state index in [9.17, 15) is 4.79 Å². The Kier molecular flexibility index (Phi) is 10.7. The topological polar surface area (TPSA) is 82.2 Å². The number of nitrogens with two attached hydrogens (primary N) is 1. The van der Waals surface area contributed by atoms with E-state index in [-0.39, 0.29) is 11.7 Å². The fraction of sp³-hybridized carbons (Fsp3) is 0.867. The van der Waals surface area contributed by atoms with Crippen LogP contribution < -0.4 is 5.73 Å². The van der Waals surface area contributed by atoms with Gasteiger partial charge in [-0.05, 0) is 39.4 Å². The Morgan fingerprint density at radius 1 is 1.14 bits per heavy atom. The van der Waals surface area contributed by atoms with E-state index in [4.69, 9.17) is 10.9 Å². The molecule has 0 fully saturated rings. The smallest absolute Gasteiger partial charge is 0.233 e. The molecule has 21 heavy (non-hydrogen) atoms. The number of carbonyl (C=O) groups is 1. The van der Waals surface area contributed by atoms with E-state index in [1.54, 1.807) is 0 Å². The van der Waals surface area contributed by atoms with Gasteiger partial charge in [0.05, 0.1) is 5.92 Å². The Morgan fingerprint density at radius 3 is 2.19 bits per heavy atom. The first-order chi connectivity index (χ1) is 10.0. The molecule has 0 heterocycles. The summed E-state index contributed by atoms with van der Waals surface area (Å²) in [6, 6.07) is 0. The summed E-state index contributed by atoms with van der Waals surface area (Å²) >= 11 is 0. The molecule has 1 atom stereocenters. The number of carbonyl (C=O) groups excluding carboxylic acids is 1. The van der Waals surface area contributed by atoms with E-state index in [1.165, 1.54) is 0 Å². The predicted octanol–water partition coefficient (Wildman–Crippen LogP) is 1.73. The summed E-state index contributed by atoms with van der Waals surface area (Å²) in [5.41, 5.74) is 5.66. The lowest BCUT2D eigenvalue weighted by atomic mass is 10.0. The van der Waals surface area contributed by atoms with Crippen molar-refractivity contribution in [1.29, 1.82) is 0 Å². The van der Waals surface area contributed by atoms with Crippen molar-refractivity contribution < 1.29 is 10.0 Å². The van der Waals surface area contributed by atoms with Crippen molar-refractivity contribution in [2.45, 2.75) is 47.0 Å². The van der Waals surface area contributed by atoms with E-state index in [0.717, 1.165) is 32.5 Å². The highest BCUT2D eigenvalue weighted by Gasteiger charge is 2.26. The maximum atomic E-state index is 12.5. The number of amides is 1. The molecule has 0 aromatic rings. The first kappa shape index (κ1) is 19.7. The number of rotatable bonds is 11. The normalized spacial score (nSPS) is 13.5. The Labute approximate surface area is 129 Å². The molecule has 0 bridgehead atoms. The van der Waals surface area contributed by atoms with Crippen molar-refractivity contribution in [3.05, 3.63) is 0 Å². The highest BCUT2D eigenvalue weighted by atomic mass is 16.4. The highest BCUT2D eigenvalue weighted by molar-refractivity contribution is 6.02. The maximum Gasteiger partial charge on any atom is 0.233 e. The largest absolute Gasteiger partial charge is 0.409 e. The minimum absolute atomic E-state index is 0.0176. The molecule has 0 radical (unpaired) electrons. The SMILES string of the molecule is CCCC(C(=O)N(CC)CCCN(CC)CC)C(N)=NO. The van der Waals surface area contributed by atoms with Crippen LogP contribution >= 0.6 is 0 Å². The van der Waals surface area contributed by atoms with E-state index in [0.29, 0.717) is 19.5 Å². The molecule has 0 rings (SSSR count). The molecule has 1 unspecified atom stereocenters. The van der Waals surface area contributed by atoms with Gasteiger partial charge < -0.3 is 20.7 Å². The van der Waals surface area contributed by atoms with Gasteiger partial charge in [-0.3, -0.25) is 4.79 Å². The molecule has 124 valence electrons. The van der Waals surface area contributed by atoms with Gasteiger partial charge in [0.25, 0.3) is 0 Å². The van der Waals surface area contributed by atoms with Crippen molar-refractivity contribution in [3.8, 4) is 0 Å². The van der Waals surface area contributed by atoms with Gasteiger partial charge in [-0.25, -0.2) is 0 Å². The van der Waals surface area contributed by atoms with Crippen LogP contribution in [0.2, 0.25) is 0 Å². The molecule has 0 saturated heterocycles. The van der Waals surface area contributed by atoms with Crippen molar-refractivity contribution >= 4 is 11.7 Å². The van der Waals surface area contributed by atoms with Gasteiger partial charge in [-0.15, -0.1) is 0 Å². The lowest BCUT2D eigenvalue weighted by Crippen LogP contribution is -2.43. The zero-order chi connectivity index (χ0) is 16.3. The van der Waals surface area contributed by atoms with Crippen LogP contribution in [-0.2, 0) is 4.79 Å². The van der Waals surface area contributed by atoms with Gasteiger partial charge in [-0.2, -0.15) is 0 Å². The molecular weight excluding hydrogens is 268 g/mol. The summed E-state index contributed by atoms with van der Waals surface area (Å²) in [7, 11) is 0. The summed E-state index contributed by atoms with van der Waals surface area (Å²) in [6.45, 7) is 12.6. The summed E-state index contributed by atoms with van der Waals surface area (Å²) in [4.78, 5) is 16.7. The second-order valence-corrected chi connectivity index (χ2v) is 5.16. The Morgan fingerprint density at radius 2 is 1.76 bits per heavy atom. The van der Waals surface area contributed by atoms with Crippen molar-refractivity contribution in [3.63, 3.8) is 0 Å². The standard InChI is InChI=1S/C15H32N4O2/c1-5-10-13(14(16)17-21)15(20)19(8-4)12-9-11-18(6-2)7-3/h13,21H,5-12H2,1-4H3,(H2,16,17). The number of nitrogens with zero attached hydrogens (tertiary/aromatic N) is 3. The van der Waals surface area contributed by atoms with Gasteiger partial charge in [0.2, 0.25) is 5.91 Å². The van der Waals surface area contributed by atoms with E-state index in [1.807, 2.05) is 18.7 Å². The molecule has 0 saturated carbocycles. The predicted molar refractivity (Wildman–Crippen MR) is 86.5 cm³/mol. The van der Waals surface area contributed by atoms with Crippen molar-refractivity contribution in [2.24, 2.45) is 16.8 Å². The molecule has 6 nitrogen and oxygen atoms in total. The van der Waals surface area contributed by atoms with Crippen molar-refractivity contribution in [1.82, 2.24) is 9.80 Å². The second-order valence-electron chi connectivity index (χ2n) is 5.16. The molecule has 0 aromatic heterocycles. The van der Waals surface area contributed by atoms with E-state index < -0.39 is 5.92 Å². The molecular formula is C15H32N4O2. The minimum Gasteiger partial charge on any atom is -0.409 e. The van der Waals surface area contributed by atoms with Crippen LogP contribution in [0.15, 0.2) is 5.16 Å². The second kappa shape index (κ2) is 11.4. The fourth-order valence-electron chi connectivity index (χ4n) is 2.43. The van der Waals surface area contributed by atoms with Crippen LogP contribution in [0.5, 0.6) is 0 Å². The Balaban J connectivity index is 4.58. The number of hydrogen-bond donors (Lipinski definition) is 2. The monoisotopic (exact) mass is 300 g/mol. The van der Waals surface area contributed by atoms with Gasteiger partial charge in [0.1, 0.15) is 0 Å². The summed E-state index contributed by atoms with van der Waals surface area (Å²) in [6.07, 6.45) is 2.38. The third-order valence-electron chi connectivity index (χ3n) is 3.84. The van der Waals surface area contributed by atoms with E-state index >= 15 is 0 Å². The molecule has 0 aliphatic carbocycles. The summed E-state index contributed by atoms with van der Waals surface area (Å²) in [5, 5.41) is 11.9. The lowest BCUT2D eigenvalue weighted by molar-refractivity contribution is -0.133. The van der Waals surface area contributed by atoms with Crippen LogP contribution in [0, 0.1) is 5.92 Å². The van der Waals surface area contributed by atoms with Crippen molar-refractivity contribution in [2.75, 3.05) is 32.7 Å². The van der Waals surface area contributed by atoms with Gasteiger partial charge in [0, 0.05) is 13.1 Å². The summed E-state index contributed by atoms with van der Waals surface area (Å²) < 4.78 is 0. The zero-order valence-corrected chi connectivity index (χ0v) is 14.0. The van der Waals surface area contributed by atoms with Crippen LogP contribution in [-0.4, -0.2) is 59.5 Å². The summed E-state index contributed by atoms with van der Waals surface area (Å²) in [5.74, 6) is -0.522. The minimum atomic E-state index is -0.506. The first-order valence-corrected chi connectivity index (χ1v) is 8.04. The van der Waals surface area contributed by atoms with Crippen LogP contribution in [0.4, 0.5) is 0 Å². The maximum absolute atomic E-state index is 12.5. The molecule has 1 amide bonds. The van der Waals surface area contributed by atoms with Crippen LogP contribution in [0.25, 0.3) is 0 Å². The first-order valence-electron chi connectivity index (χ1n) is 8.04. The van der Waals surface area contributed by atoms with E-state index in [2.05, 4.69) is 23.9 Å². The third kappa shape index (κ3) is 6.80. The lowest BCUT2D eigenvalue weighted by Gasteiger charge is -2.27. The third-order valence-corrected chi connectivity index (χ3v) is 3.84.